The second-order valence-corrected chi connectivity index (χ2v) is 7.74. The number of nitrogens with one attached hydrogen (secondary N) is 2. The van der Waals surface area contributed by atoms with Crippen molar-refractivity contribution < 1.29 is 23.8 Å². The Hall–Kier alpha value is -3.33. The highest BCUT2D eigenvalue weighted by Crippen LogP contribution is 2.39. The zero-order valence-corrected chi connectivity index (χ0v) is 18.4. The molecular weight excluding hydrogens is 457 g/mol. The number of halogens is 2. The van der Waals surface area contributed by atoms with Crippen LogP contribution in [0.1, 0.15) is 17.3 Å². The predicted molar refractivity (Wildman–Crippen MR) is 123 cm³/mol. The number of aliphatic hydroxyl groups is 1. The van der Waals surface area contributed by atoms with Gasteiger partial charge in [-0.3, -0.25) is 14.6 Å². The molecule has 2 aromatic carbocycles. The Labute approximate surface area is 192 Å². The molecule has 8 nitrogen and oxygen atoms in total. The second-order valence-electron chi connectivity index (χ2n) is 6.93. The number of benzene rings is 2. The van der Waals surface area contributed by atoms with Crippen LogP contribution in [0, 0.1) is 0 Å². The van der Waals surface area contributed by atoms with Crippen molar-refractivity contribution in [1.29, 1.82) is 0 Å². The van der Waals surface area contributed by atoms with Gasteiger partial charge in [0.2, 0.25) is 0 Å². The number of aromatic nitrogens is 1. The number of rotatable bonds is 5. The predicted octanol–water partition coefficient (Wildman–Crippen LogP) is 4.87. The smallest absolute Gasteiger partial charge is 0.256 e. The Morgan fingerprint density at radius 1 is 1.12 bits per heavy atom. The Morgan fingerprint density at radius 2 is 1.84 bits per heavy atom. The van der Waals surface area contributed by atoms with E-state index in [9.17, 15) is 14.7 Å². The number of carbonyl (C=O) groups excluding carboxylic acids is 2. The summed E-state index contributed by atoms with van der Waals surface area (Å²) in [5.41, 5.74) is 1.78. The average molecular weight is 474 g/mol. The number of carbonyl (C=O) groups is 2. The first-order valence-electron chi connectivity index (χ1n) is 9.42. The van der Waals surface area contributed by atoms with Gasteiger partial charge in [-0.25, -0.2) is 0 Å². The van der Waals surface area contributed by atoms with E-state index in [1.807, 2.05) is 0 Å². The zero-order valence-electron chi connectivity index (χ0n) is 16.9. The largest absolute Gasteiger partial charge is 0.493 e. The highest BCUT2D eigenvalue weighted by Gasteiger charge is 2.22. The molecule has 164 valence electrons. The number of fused-ring (bicyclic) bond motifs is 3. The molecule has 3 N–H and O–H groups in total. The van der Waals surface area contributed by atoms with Crippen molar-refractivity contribution in [3.05, 3.63) is 58.3 Å². The number of nitrogens with zero attached hydrogens (tertiary/aromatic N) is 1. The molecule has 0 aliphatic heterocycles. The van der Waals surface area contributed by atoms with Crippen molar-refractivity contribution in [2.24, 2.45) is 0 Å². The quantitative estimate of drug-likeness (QED) is 0.381. The fraction of sp³-hybridized carbons (Fsp3) is 0.136. The lowest BCUT2D eigenvalue weighted by atomic mass is 10.0. The molecule has 1 unspecified atom stereocenters. The Balaban J connectivity index is 1.86. The number of hydrogen-bond acceptors (Lipinski definition) is 6. The van der Waals surface area contributed by atoms with Gasteiger partial charge < -0.3 is 24.9 Å². The highest BCUT2D eigenvalue weighted by molar-refractivity contribution is 6.40. The van der Waals surface area contributed by atoms with Crippen LogP contribution in [0.3, 0.4) is 0 Å². The molecule has 0 fully saturated rings. The first kappa shape index (κ1) is 21.9. The third-order valence-corrected chi connectivity index (χ3v) is 5.36. The number of aliphatic hydroxyl groups excluding tert-OH is 1. The average Bonchev–Trinajstić information content (AvgIpc) is 3.14. The lowest BCUT2D eigenvalue weighted by molar-refractivity contribution is -0.123. The molecule has 4 rings (SSSR count). The molecule has 0 bridgehead atoms. The minimum atomic E-state index is -1.18. The summed E-state index contributed by atoms with van der Waals surface area (Å²) in [7, 11) is 1.49. The standard InChI is InChI=1S/C22H17Cl2N3O5/c1-10(28)21(29)26-11-3-5-16-13(7-11)18-12(4-6-17(31-2)20(18)32-16)22(30)27-19-14(23)8-25-9-15(19)24/h3-10,28H,1-2H3,(H,26,29)(H,25,27,30). The van der Waals surface area contributed by atoms with Gasteiger partial charge in [0, 0.05) is 28.9 Å². The van der Waals surface area contributed by atoms with E-state index in [0.717, 1.165) is 0 Å². The maximum atomic E-state index is 13.2. The molecule has 4 aromatic rings. The van der Waals surface area contributed by atoms with Gasteiger partial charge >= 0.3 is 0 Å². The van der Waals surface area contributed by atoms with E-state index < -0.39 is 17.9 Å². The molecule has 0 aliphatic carbocycles. The SMILES string of the molecule is COc1ccc(C(=O)Nc2c(Cl)cncc2Cl)c2c1oc1ccc(NC(=O)C(C)O)cc12. The van der Waals surface area contributed by atoms with Crippen LogP contribution in [0.2, 0.25) is 10.0 Å². The van der Waals surface area contributed by atoms with Crippen molar-refractivity contribution in [2.75, 3.05) is 17.7 Å². The van der Waals surface area contributed by atoms with Gasteiger partial charge in [0.15, 0.2) is 11.3 Å². The van der Waals surface area contributed by atoms with Crippen molar-refractivity contribution in [1.82, 2.24) is 4.98 Å². The van der Waals surface area contributed by atoms with Gasteiger partial charge in [-0.1, -0.05) is 23.2 Å². The third-order valence-electron chi connectivity index (χ3n) is 4.79. The van der Waals surface area contributed by atoms with Crippen LogP contribution >= 0.6 is 23.2 Å². The summed E-state index contributed by atoms with van der Waals surface area (Å²) in [6.07, 6.45) is 1.57. The molecule has 0 saturated heterocycles. The van der Waals surface area contributed by atoms with Gasteiger partial charge in [0.05, 0.1) is 28.4 Å². The number of amides is 2. The molecule has 2 aromatic heterocycles. The van der Waals surface area contributed by atoms with Crippen molar-refractivity contribution >= 4 is 68.3 Å². The van der Waals surface area contributed by atoms with Crippen LogP contribution in [0.15, 0.2) is 47.1 Å². The third kappa shape index (κ3) is 3.95. The molecule has 0 saturated carbocycles. The van der Waals surface area contributed by atoms with Crippen molar-refractivity contribution in [3.63, 3.8) is 0 Å². The Kier molecular flexibility index (Phi) is 5.92. The molecule has 0 spiro atoms. The van der Waals surface area contributed by atoms with Crippen LogP contribution in [-0.4, -0.2) is 35.1 Å². The van der Waals surface area contributed by atoms with E-state index in [1.54, 1.807) is 30.3 Å². The van der Waals surface area contributed by atoms with Gasteiger partial charge in [-0.15, -0.1) is 0 Å². The van der Waals surface area contributed by atoms with E-state index in [-0.39, 0.29) is 21.3 Å². The molecule has 32 heavy (non-hydrogen) atoms. The maximum Gasteiger partial charge on any atom is 0.256 e. The summed E-state index contributed by atoms with van der Waals surface area (Å²) in [5.74, 6) is -0.606. The van der Waals surface area contributed by atoms with Crippen LogP contribution in [0.25, 0.3) is 21.9 Å². The van der Waals surface area contributed by atoms with Crippen LogP contribution in [0.5, 0.6) is 5.75 Å². The molecule has 1 atom stereocenters. The summed E-state index contributed by atoms with van der Waals surface area (Å²) in [6, 6.07) is 8.16. The zero-order chi connectivity index (χ0) is 23.0. The van der Waals surface area contributed by atoms with E-state index in [0.29, 0.717) is 33.4 Å². The number of hydrogen-bond donors (Lipinski definition) is 3. The topological polar surface area (TPSA) is 114 Å². The van der Waals surface area contributed by atoms with Gasteiger partial charge in [-0.2, -0.15) is 0 Å². The van der Waals surface area contributed by atoms with Crippen LogP contribution in [0.4, 0.5) is 11.4 Å². The monoisotopic (exact) mass is 473 g/mol. The minimum absolute atomic E-state index is 0.191. The summed E-state index contributed by atoms with van der Waals surface area (Å²) in [4.78, 5) is 29.0. The fourth-order valence-electron chi connectivity index (χ4n) is 3.24. The van der Waals surface area contributed by atoms with Gasteiger partial charge in [-0.05, 0) is 37.3 Å². The first-order valence-corrected chi connectivity index (χ1v) is 10.2. The van der Waals surface area contributed by atoms with E-state index >= 15 is 0 Å². The van der Waals surface area contributed by atoms with Gasteiger partial charge in [0.25, 0.3) is 11.8 Å². The number of anilines is 2. The summed E-state index contributed by atoms with van der Waals surface area (Å²) in [6.45, 7) is 1.36. The van der Waals surface area contributed by atoms with Crippen molar-refractivity contribution in [2.45, 2.75) is 13.0 Å². The minimum Gasteiger partial charge on any atom is -0.493 e. The molecule has 10 heteroatoms. The Morgan fingerprint density at radius 3 is 2.50 bits per heavy atom. The number of ether oxygens (including phenoxy) is 1. The lowest BCUT2D eigenvalue weighted by Gasteiger charge is -2.11. The molecule has 2 amide bonds. The van der Waals surface area contributed by atoms with E-state index in [1.165, 1.54) is 26.4 Å². The van der Waals surface area contributed by atoms with E-state index in [4.69, 9.17) is 32.4 Å². The van der Waals surface area contributed by atoms with Crippen molar-refractivity contribution in [3.8, 4) is 5.75 Å². The van der Waals surface area contributed by atoms with Crippen LogP contribution < -0.4 is 15.4 Å². The van der Waals surface area contributed by atoms with Gasteiger partial charge in [0.1, 0.15) is 11.7 Å². The van der Waals surface area contributed by atoms with E-state index in [2.05, 4.69) is 15.6 Å². The molecular formula is C22H17Cl2N3O5. The Bertz CT molecular complexity index is 1350. The summed E-state index contributed by atoms with van der Waals surface area (Å²) < 4.78 is 11.3. The summed E-state index contributed by atoms with van der Waals surface area (Å²) >= 11 is 12.3. The number of pyridine rings is 1. The molecule has 0 radical (unpaired) electrons. The molecule has 0 aliphatic rings. The number of furan rings is 1. The maximum absolute atomic E-state index is 13.2. The molecule has 2 heterocycles. The summed E-state index contributed by atoms with van der Waals surface area (Å²) in [5, 5.41) is 16.2. The fourth-order valence-corrected chi connectivity index (χ4v) is 3.70. The van der Waals surface area contributed by atoms with Crippen LogP contribution in [-0.2, 0) is 4.79 Å². The highest BCUT2D eigenvalue weighted by atomic mass is 35.5. The lowest BCUT2D eigenvalue weighted by Crippen LogP contribution is -2.24. The second kappa shape index (κ2) is 8.66. The first-order chi connectivity index (χ1) is 15.3. The normalized spacial score (nSPS) is 12.0. The number of methoxy groups -OCH3 is 1.